The summed E-state index contributed by atoms with van der Waals surface area (Å²) in [6.45, 7) is 1.09. The molecule has 0 unspecified atom stereocenters. The Hall–Kier alpha value is -3.52. The van der Waals surface area contributed by atoms with Crippen LogP contribution in [-0.4, -0.2) is 77.3 Å². The molecule has 4 rings (SSSR count). The van der Waals surface area contributed by atoms with Gasteiger partial charge in [0.2, 0.25) is 20.0 Å². The van der Waals surface area contributed by atoms with Gasteiger partial charge in [0.15, 0.2) is 0 Å². The predicted molar refractivity (Wildman–Crippen MR) is 147 cm³/mol. The number of likely N-dealkylation sites (N-methyl/N-ethyl adjacent to an activating group) is 1. The van der Waals surface area contributed by atoms with Crippen molar-refractivity contribution >= 4 is 31.4 Å². The van der Waals surface area contributed by atoms with E-state index >= 15 is 0 Å². The molecule has 1 saturated heterocycles. The molecule has 0 radical (unpaired) electrons. The minimum Gasteiger partial charge on any atom is -0.495 e. The second-order valence-electron chi connectivity index (χ2n) is 9.04. The number of methoxy groups -OCH3 is 1. The fraction of sp³-hybridized carbons (Fsp3) is 0.308. The van der Waals surface area contributed by atoms with E-state index in [1.807, 2.05) is 35.2 Å². The standard InChI is InChI=1S/C26H30N4O7S2/c1-27(14-13-21-7-4-3-5-8-21)38(33,34)24-11-12-26(37-2)25(20-24)28-15-17-29(18-16-28)39(35,36)23-10-6-9-22(19-23)30(31)32/h3-12,19-20H,13-18H2,1-2H3. The summed E-state index contributed by atoms with van der Waals surface area (Å²) < 4.78 is 61.0. The van der Waals surface area contributed by atoms with E-state index in [0.29, 0.717) is 24.4 Å². The summed E-state index contributed by atoms with van der Waals surface area (Å²) in [5.41, 5.74) is 1.28. The number of piperazine rings is 1. The second-order valence-corrected chi connectivity index (χ2v) is 13.0. The molecule has 13 heteroatoms. The van der Waals surface area contributed by atoms with Gasteiger partial charge in [-0.05, 0) is 36.2 Å². The Labute approximate surface area is 228 Å². The molecule has 3 aromatic rings. The molecule has 0 amide bonds. The number of nitro benzene ring substituents is 1. The zero-order chi connectivity index (χ0) is 28.2. The summed E-state index contributed by atoms with van der Waals surface area (Å²) in [6.07, 6.45) is 0.570. The number of rotatable bonds is 10. The molecule has 0 aliphatic carbocycles. The Morgan fingerprint density at radius 3 is 2.23 bits per heavy atom. The SMILES string of the molecule is COc1ccc(S(=O)(=O)N(C)CCc2ccccc2)cc1N1CCN(S(=O)(=O)c2cccc([N+](=O)[O-])c2)CC1. The Morgan fingerprint density at radius 2 is 1.59 bits per heavy atom. The molecule has 39 heavy (non-hydrogen) atoms. The lowest BCUT2D eigenvalue weighted by molar-refractivity contribution is -0.385. The molecule has 1 heterocycles. The third-order valence-electron chi connectivity index (χ3n) is 6.66. The Morgan fingerprint density at radius 1 is 0.897 bits per heavy atom. The molecule has 0 N–H and O–H groups in total. The lowest BCUT2D eigenvalue weighted by Crippen LogP contribution is -2.48. The normalized spacial score (nSPS) is 14.9. The van der Waals surface area contributed by atoms with Crippen LogP contribution in [-0.2, 0) is 26.5 Å². The van der Waals surface area contributed by atoms with Crippen LogP contribution in [0.15, 0.2) is 82.6 Å². The maximum atomic E-state index is 13.3. The molecule has 0 aromatic heterocycles. The van der Waals surface area contributed by atoms with E-state index in [1.165, 1.54) is 40.0 Å². The van der Waals surface area contributed by atoms with Gasteiger partial charge in [-0.2, -0.15) is 4.31 Å². The first-order valence-electron chi connectivity index (χ1n) is 12.2. The van der Waals surface area contributed by atoms with Crippen LogP contribution in [0.2, 0.25) is 0 Å². The zero-order valence-electron chi connectivity index (χ0n) is 21.6. The van der Waals surface area contributed by atoms with Crippen molar-refractivity contribution in [1.82, 2.24) is 8.61 Å². The zero-order valence-corrected chi connectivity index (χ0v) is 23.3. The average Bonchev–Trinajstić information content (AvgIpc) is 2.96. The van der Waals surface area contributed by atoms with E-state index < -0.39 is 25.0 Å². The maximum absolute atomic E-state index is 13.3. The molecular weight excluding hydrogens is 544 g/mol. The molecule has 0 bridgehead atoms. The first-order chi connectivity index (χ1) is 18.5. The number of hydrogen-bond donors (Lipinski definition) is 0. The third-order valence-corrected chi connectivity index (χ3v) is 10.4. The van der Waals surface area contributed by atoms with E-state index in [0.717, 1.165) is 11.6 Å². The molecule has 1 aliphatic rings. The molecule has 3 aromatic carbocycles. The van der Waals surface area contributed by atoms with Crippen molar-refractivity contribution in [3.05, 3.63) is 88.5 Å². The van der Waals surface area contributed by atoms with Crippen LogP contribution in [0.1, 0.15) is 5.56 Å². The summed E-state index contributed by atoms with van der Waals surface area (Å²) in [5.74, 6) is 0.468. The maximum Gasteiger partial charge on any atom is 0.270 e. The van der Waals surface area contributed by atoms with Crippen LogP contribution in [0.4, 0.5) is 11.4 Å². The highest BCUT2D eigenvalue weighted by Gasteiger charge is 2.31. The van der Waals surface area contributed by atoms with Gasteiger partial charge < -0.3 is 9.64 Å². The highest BCUT2D eigenvalue weighted by Crippen LogP contribution is 2.33. The van der Waals surface area contributed by atoms with Crippen molar-refractivity contribution < 1.29 is 26.5 Å². The van der Waals surface area contributed by atoms with Crippen LogP contribution in [0.25, 0.3) is 0 Å². The third kappa shape index (κ3) is 6.22. The molecule has 1 aliphatic heterocycles. The van der Waals surface area contributed by atoms with Gasteiger partial charge in [0.25, 0.3) is 5.69 Å². The number of hydrogen-bond acceptors (Lipinski definition) is 8. The van der Waals surface area contributed by atoms with Crippen molar-refractivity contribution in [2.45, 2.75) is 16.2 Å². The van der Waals surface area contributed by atoms with Gasteiger partial charge in [0.05, 0.1) is 27.5 Å². The van der Waals surface area contributed by atoms with E-state index in [-0.39, 0.29) is 41.7 Å². The van der Waals surface area contributed by atoms with Gasteiger partial charge in [-0.3, -0.25) is 10.1 Å². The minimum absolute atomic E-state index is 0.112. The smallest absolute Gasteiger partial charge is 0.270 e. The first-order valence-corrected chi connectivity index (χ1v) is 15.1. The van der Waals surface area contributed by atoms with Gasteiger partial charge in [0.1, 0.15) is 5.75 Å². The average molecular weight is 575 g/mol. The second kappa shape index (κ2) is 11.7. The quantitative estimate of drug-likeness (QED) is 0.267. The monoisotopic (exact) mass is 574 g/mol. The summed E-state index contributed by atoms with van der Waals surface area (Å²) in [5, 5.41) is 11.1. The topological polar surface area (TPSA) is 130 Å². The number of anilines is 1. The summed E-state index contributed by atoms with van der Waals surface area (Å²) >= 11 is 0. The van der Waals surface area contributed by atoms with Gasteiger partial charge in [-0.15, -0.1) is 0 Å². The van der Waals surface area contributed by atoms with Crippen molar-refractivity contribution in [1.29, 1.82) is 0 Å². The molecule has 1 fully saturated rings. The highest BCUT2D eigenvalue weighted by molar-refractivity contribution is 7.89. The van der Waals surface area contributed by atoms with Gasteiger partial charge in [-0.1, -0.05) is 36.4 Å². The van der Waals surface area contributed by atoms with Crippen molar-refractivity contribution in [3.63, 3.8) is 0 Å². The van der Waals surface area contributed by atoms with Crippen molar-refractivity contribution in [3.8, 4) is 5.75 Å². The number of nitrogens with zero attached hydrogens (tertiary/aromatic N) is 4. The van der Waals surface area contributed by atoms with Crippen LogP contribution in [0.3, 0.4) is 0 Å². The number of sulfonamides is 2. The Bertz CT molecular complexity index is 1540. The molecule has 208 valence electrons. The summed E-state index contributed by atoms with van der Waals surface area (Å²) in [4.78, 5) is 12.3. The van der Waals surface area contributed by atoms with Crippen LogP contribution in [0.5, 0.6) is 5.75 Å². The molecular formula is C26H30N4O7S2. The number of non-ortho nitro benzene ring substituents is 1. The molecule has 0 saturated carbocycles. The lowest BCUT2D eigenvalue weighted by atomic mass is 10.2. The number of nitro groups is 1. The number of benzene rings is 3. The fourth-order valence-corrected chi connectivity index (χ4v) is 7.04. The summed E-state index contributed by atoms with van der Waals surface area (Å²) in [6, 6.07) is 19.2. The van der Waals surface area contributed by atoms with Crippen LogP contribution < -0.4 is 9.64 Å². The van der Waals surface area contributed by atoms with Gasteiger partial charge in [-0.25, -0.2) is 21.1 Å². The highest BCUT2D eigenvalue weighted by atomic mass is 32.2. The van der Waals surface area contributed by atoms with E-state index in [4.69, 9.17) is 4.74 Å². The van der Waals surface area contributed by atoms with Crippen molar-refractivity contribution in [2.24, 2.45) is 0 Å². The number of ether oxygens (including phenoxy) is 1. The predicted octanol–water partition coefficient (Wildman–Crippen LogP) is 2.98. The fourth-order valence-electron chi connectivity index (χ4n) is 4.38. The molecule has 0 spiro atoms. The lowest BCUT2D eigenvalue weighted by Gasteiger charge is -2.36. The first kappa shape index (κ1) is 28.5. The van der Waals surface area contributed by atoms with Gasteiger partial charge >= 0.3 is 0 Å². The molecule has 0 atom stereocenters. The van der Waals surface area contributed by atoms with E-state index in [2.05, 4.69) is 0 Å². The van der Waals surface area contributed by atoms with E-state index in [9.17, 15) is 26.9 Å². The van der Waals surface area contributed by atoms with Gasteiger partial charge in [0, 0.05) is 51.9 Å². The largest absolute Gasteiger partial charge is 0.495 e. The minimum atomic E-state index is -3.94. The van der Waals surface area contributed by atoms with Crippen LogP contribution >= 0.6 is 0 Å². The van der Waals surface area contributed by atoms with Crippen molar-refractivity contribution in [2.75, 3.05) is 51.8 Å². The summed E-state index contributed by atoms with van der Waals surface area (Å²) in [7, 11) is -4.70. The Kier molecular flexibility index (Phi) is 8.54. The Balaban J connectivity index is 1.50. The van der Waals surface area contributed by atoms with E-state index in [1.54, 1.807) is 19.2 Å². The van der Waals surface area contributed by atoms with Crippen LogP contribution in [0, 0.1) is 10.1 Å². The molecule has 11 nitrogen and oxygen atoms in total.